The second kappa shape index (κ2) is 11.2. The molecule has 0 aliphatic heterocycles. The molecule has 0 N–H and O–H groups in total. The first-order chi connectivity index (χ1) is 6.52. The molecular formula is C9H12BF3KN. The predicted octanol–water partition coefficient (Wildman–Crippen LogP) is -0.206. The van der Waals surface area contributed by atoms with Crippen LogP contribution in [0.3, 0.4) is 0 Å². The maximum Gasteiger partial charge on any atom is 1.00 e. The molecule has 1 aromatic carbocycles. The third kappa shape index (κ3) is 14.7. The summed E-state index contributed by atoms with van der Waals surface area (Å²) in [6, 6.07) is 10.3. The van der Waals surface area contributed by atoms with Gasteiger partial charge in [0, 0.05) is 0 Å². The van der Waals surface area contributed by atoms with Crippen LogP contribution in [0.25, 0.3) is 0 Å². The summed E-state index contributed by atoms with van der Waals surface area (Å²) in [6.07, 6.45) is 0. The van der Waals surface area contributed by atoms with Crippen molar-refractivity contribution in [1.29, 1.82) is 0 Å². The molecule has 0 heterocycles. The normalized spacial score (nSPS) is 8.67. The maximum absolute atomic E-state index is 9.67. The average Bonchev–Trinajstić information content (AvgIpc) is 2.03. The third-order valence-corrected chi connectivity index (χ3v) is 1.30. The van der Waals surface area contributed by atoms with Gasteiger partial charge in [-0.3, -0.25) is 20.0 Å². The van der Waals surface area contributed by atoms with Gasteiger partial charge in [0.1, 0.15) is 0 Å². The van der Waals surface area contributed by atoms with Crippen LogP contribution in [-0.4, -0.2) is 19.5 Å². The smallest absolute Gasteiger partial charge is 0.458 e. The fourth-order valence-electron chi connectivity index (χ4n) is 0.895. The van der Waals surface area contributed by atoms with E-state index < -0.39 is 7.54 Å². The zero-order valence-corrected chi connectivity index (χ0v) is 12.1. The van der Waals surface area contributed by atoms with Crippen molar-refractivity contribution in [1.82, 2.24) is 4.90 Å². The van der Waals surface area contributed by atoms with Gasteiger partial charge >= 0.3 is 58.9 Å². The summed E-state index contributed by atoms with van der Waals surface area (Å²) in [4.78, 5) is 1.91. The van der Waals surface area contributed by atoms with E-state index in [2.05, 4.69) is 19.2 Å². The minimum absolute atomic E-state index is 0. The summed E-state index contributed by atoms with van der Waals surface area (Å²) in [5, 5.41) is 0. The van der Waals surface area contributed by atoms with Gasteiger partial charge in [0.15, 0.2) is 0 Å². The largest absolute Gasteiger partial charge is 1.00 e. The second-order valence-corrected chi connectivity index (χ2v) is 2.75. The van der Waals surface area contributed by atoms with Crippen LogP contribution in [0.15, 0.2) is 30.3 Å². The molecule has 0 spiro atoms. The summed E-state index contributed by atoms with van der Waals surface area (Å²) >= 11 is 0. The summed E-state index contributed by atoms with van der Waals surface area (Å²) < 4.78 is 29.0. The van der Waals surface area contributed by atoms with Gasteiger partial charge in [0.05, 0.1) is 0 Å². The van der Waals surface area contributed by atoms with Gasteiger partial charge in [-0.1, -0.05) is 30.3 Å². The van der Waals surface area contributed by atoms with E-state index >= 15 is 0 Å². The molecule has 6 heteroatoms. The number of benzene rings is 1. The molecule has 0 aliphatic rings. The maximum atomic E-state index is 9.67. The molecule has 0 saturated carbocycles. The molecule has 78 valence electrons. The van der Waals surface area contributed by atoms with Crippen LogP contribution in [0, 0.1) is 7.05 Å². The quantitative estimate of drug-likeness (QED) is 0.511. The van der Waals surface area contributed by atoms with E-state index in [4.69, 9.17) is 0 Å². The molecule has 0 fully saturated rings. The van der Waals surface area contributed by atoms with Crippen molar-refractivity contribution in [2.24, 2.45) is 0 Å². The standard InChI is InChI=1S/C9H12N.BF3.K/c1-10(2)8-9-6-4-3-5-7-9;2-1(3)4;/h3-7H,1,8H2,2H3;;/q-1;;+1. The summed E-state index contributed by atoms with van der Waals surface area (Å²) in [5.74, 6) is 0. The number of hydrogen-bond acceptors (Lipinski definition) is 1. The van der Waals surface area contributed by atoms with Crippen molar-refractivity contribution in [3.05, 3.63) is 42.9 Å². The average molecular weight is 241 g/mol. The van der Waals surface area contributed by atoms with E-state index in [0.717, 1.165) is 6.54 Å². The van der Waals surface area contributed by atoms with Crippen LogP contribution in [-0.2, 0) is 6.54 Å². The molecule has 0 unspecified atom stereocenters. The van der Waals surface area contributed by atoms with Crippen LogP contribution in [0.2, 0.25) is 0 Å². The predicted molar refractivity (Wildman–Crippen MR) is 52.3 cm³/mol. The number of nitrogens with zero attached hydrogens (tertiary/aromatic N) is 1. The Balaban J connectivity index is 0. The monoisotopic (exact) mass is 241 g/mol. The summed E-state index contributed by atoms with van der Waals surface area (Å²) in [5.41, 5.74) is 1.31. The van der Waals surface area contributed by atoms with Gasteiger partial charge in [0.25, 0.3) is 0 Å². The van der Waals surface area contributed by atoms with Crippen LogP contribution in [0.4, 0.5) is 12.9 Å². The molecule has 0 aliphatic carbocycles. The molecular weight excluding hydrogens is 229 g/mol. The second-order valence-electron chi connectivity index (χ2n) is 2.75. The molecule has 0 radical (unpaired) electrons. The van der Waals surface area contributed by atoms with Crippen LogP contribution in [0.1, 0.15) is 5.56 Å². The van der Waals surface area contributed by atoms with Gasteiger partial charge < -0.3 is 4.90 Å². The number of hydrogen-bond donors (Lipinski definition) is 0. The van der Waals surface area contributed by atoms with Crippen molar-refractivity contribution >= 4 is 7.54 Å². The third-order valence-electron chi connectivity index (χ3n) is 1.30. The number of halogens is 3. The van der Waals surface area contributed by atoms with E-state index in [9.17, 15) is 12.9 Å². The van der Waals surface area contributed by atoms with Crippen molar-refractivity contribution in [2.75, 3.05) is 7.05 Å². The Hall–Kier alpha value is 0.671. The summed E-state index contributed by atoms with van der Waals surface area (Å²) in [6.45, 7) is 0.918. The Kier molecular flexibility index (Phi) is 13.4. The molecule has 1 rings (SSSR count). The molecule has 0 atom stereocenters. The van der Waals surface area contributed by atoms with Crippen molar-refractivity contribution in [3.63, 3.8) is 0 Å². The molecule has 15 heavy (non-hydrogen) atoms. The zero-order valence-electron chi connectivity index (χ0n) is 8.96. The fourth-order valence-corrected chi connectivity index (χ4v) is 0.895. The first-order valence-electron chi connectivity index (χ1n) is 4.00. The Morgan fingerprint density at radius 2 is 1.60 bits per heavy atom. The van der Waals surface area contributed by atoms with Gasteiger partial charge in [0.2, 0.25) is 0 Å². The van der Waals surface area contributed by atoms with E-state index in [0.29, 0.717) is 0 Å². The van der Waals surface area contributed by atoms with E-state index in [1.165, 1.54) is 5.56 Å². The minimum Gasteiger partial charge on any atom is -0.458 e. The number of rotatable bonds is 2. The van der Waals surface area contributed by atoms with Crippen LogP contribution in [0.5, 0.6) is 0 Å². The Bertz CT molecular complexity index is 231. The molecule has 1 nitrogen and oxygen atoms in total. The molecule has 0 saturated heterocycles. The topological polar surface area (TPSA) is 3.24 Å². The van der Waals surface area contributed by atoms with Gasteiger partial charge in [-0.25, -0.2) is 0 Å². The van der Waals surface area contributed by atoms with E-state index in [-0.39, 0.29) is 51.4 Å². The van der Waals surface area contributed by atoms with Crippen LogP contribution >= 0.6 is 0 Å². The van der Waals surface area contributed by atoms with E-state index in [1.54, 1.807) is 0 Å². The van der Waals surface area contributed by atoms with Gasteiger partial charge in [-0.15, -0.1) is 0 Å². The minimum atomic E-state index is -3.67. The molecule has 0 amide bonds. The first-order valence-corrected chi connectivity index (χ1v) is 4.00. The molecule has 1 aromatic rings. The van der Waals surface area contributed by atoms with Gasteiger partial charge in [-0.05, 0) is 19.2 Å². The Morgan fingerprint density at radius 1 is 1.20 bits per heavy atom. The SMILES string of the molecule is FB(F)F.[CH2-]N(C)Cc1ccccc1.[K+]. The zero-order chi connectivity index (χ0) is 11.0. The Labute approximate surface area is 132 Å². The van der Waals surface area contributed by atoms with Crippen molar-refractivity contribution in [3.8, 4) is 0 Å². The van der Waals surface area contributed by atoms with E-state index in [1.807, 2.05) is 30.1 Å². The van der Waals surface area contributed by atoms with Crippen molar-refractivity contribution < 1.29 is 64.3 Å². The Morgan fingerprint density at radius 3 is 1.93 bits per heavy atom. The summed E-state index contributed by atoms with van der Waals surface area (Å²) in [7, 11) is 2.07. The van der Waals surface area contributed by atoms with Gasteiger partial charge in [-0.2, -0.15) is 0 Å². The van der Waals surface area contributed by atoms with Crippen molar-refractivity contribution in [2.45, 2.75) is 6.54 Å². The first kappa shape index (κ1) is 18.0. The van der Waals surface area contributed by atoms with Crippen LogP contribution < -0.4 is 51.4 Å². The molecule has 0 aromatic heterocycles. The fraction of sp³-hybridized carbons (Fsp3) is 0.222. The molecule has 0 bridgehead atoms.